The van der Waals surface area contributed by atoms with Gasteiger partial charge in [-0.2, -0.15) is 5.10 Å². The molecular weight excluding hydrogens is 298 g/mol. The molecular formula is C20H21N3O. The summed E-state index contributed by atoms with van der Waals surface area (Å²) in [5.41, 5.74) is 5.79. The van der Waals surface area contributed by atoms with Crippen molar-refractivity contribution in [2.24, 2.45) is 0 Å². The molecule has 2 aromatic carbocycles. The summed E-state index contributed by atoms with van der Waals surface area (Å²) in [6, 6.07) is 17.7. The van der Waals surface area contributed by atoms with E-state index in [2.05, 4.69) is 10.4 Å². The molecule has 1 aromatic heterocycles. The third-order valence-electron chi connectivity index (χ3n) is 4.03. The van der Waals surface area contributed by atoms with Crippen molar-refractivity contribution in [1.82, 2.24) is 9.78 Å². The Morgan fingerprint density at radius 2 is 1.75 bits per heavy atom. The molecule has 24 heavy (non-hydrogen) atoms. The Bertz CT molecular complexity index is 880. The number of carbonyl (C=O) groups is 1. The Balaban J connectivity index is 1.85. The largest absolute Gasteiger partial charge is 0.324 e. The van der Waals surface area contributed by atoms with E-state index in [1.54, 1.807) is 0 Å². The minimum Gasteiger partial charge on any atom is -0.324 e. The summed E-state index contributed by atoms with van der Waals surface area (Å²) in [5.74, 6) is -0.0294. The Kier molecular flexibility index (Phi) is 4.47. The minimum absolute atomic E-state index is 0.0294. The third kappa shape index (κ3) is 3.38. The Morgan fingerprint density at radius 1 is 1.04 bits per heavy atom. The van der Waals surface area contributed by atoms with Gasteiger partial charge in [-0.25, -0.2) is 4.68 Å². The number of rotatable bonds is 4. The second-order valence-corrected chi connectivity index (χ2v) is 6.01. The van der Waals surface area contributed by atoms with Crippen molar-refractivity contribution >= 4 is 11.6 Å². The Morgan fingerprint density at radius 3 is 2.46 bits per heavy atom. The van der Waals surface area contributed by atoms with Crippen LogP contribution in [0, 0.1) is 20.8 Å². The molecule has 3 rings (SSSR count). The highest BCUT2D eigenvalue weighted by atomic mass is 16.1. The topological polar surface area (TPSA) is 46.9 Å². The molecule has 1 heterocycles. The summed E-state index contributed by atoms with van der Waals surface area (Å²) in [5, 5.41) is 7.53. The minimum atomic E-state index is -0.0294. The normalized spacial score (nSPS) is 10.6. The van der Waals surface area contributed by atoms with Gasteiger partial charge in [0.25, 0.3) is 0 Å². The predicted molar refractivity (Wildman–Crippen MR) is 96.6 cm³/mol. The lowest BCUT2D eigenvalue weighted by atomic mass is 10.1. The van der Waals surface area contributed by atoms with Gasteiger partial charge in [0, 0.05) is 5.69 Å². The fraction of sp³-hybridized carbons (Fsp3) is 0.200. The van der Waals surface area contributed by atoms with Crippen LogP contribution in [0.1, 0.15) is 22.5 Å². The molecule has 1 amide bonds. The highest BCUT2D eigenvalue weighted by Crippen LogP contribution is 2.22. The molecule has 0 unspecified atom stereocenters. The molecule has 0 radical (unpaired) electrons. The van der Waals surface area contributed by atoms with Crippen LogP contribution in [0.3, 0.4) is 0 Å². The molecule has 122 valence electrons. The van der Waals surface area contributed by atoms with Crippen LogP contribution in [0.4, 0.5) is 5.69 Å². The van der Waals surface area contributed by atoms with Crippen LogP contribution in [0.5, 0.6) is 0 Å². The van der Waals surface area contributed by atoms with Crippen LogP contribution in [0.15, 0.2) is 54.6 Å². The lowest BCUT2D eigenvalue weighted by Crippen LogP contribution is -2.17. The maximum Gasteiger partial charge on any atom is 0.228 e. The number of aromatic nitrogens is 2. The summed E-state index contributed by atoms with van der Waals surface area (Å²) >= 11 is 0. The van der Waals surface area contributed by atoms with Crippen LogP contribution in [-0.4, -0.2) is 15.7 Å². The molecule has 0 aliphatic rings. The van der Waals surface area contributed by atoms with Crippen LogP contribution >= 0.6 is 0 Å². The molecule has 1 N–H and O–H groups in total. The number of anilines is 1. The highest BCUT2D eigenvalue weighted by molar-refractivity contribution is 5.94. The van der Waals surface area contributed by atoms with Gasteiger partial charge in [0.2, 0.25) is 5.91 Å². The molecule has 0 aliphatic carbocycles. The van der Waals surface area contributed by atoms with E-state index in [9.17, 15) is 4.79 Å². The second kappa shape index (κ2) is 6.71. The van der Waals surface area contributed by atoms with Crippen LogP contribution in [0.25, 0.3) is 5.69 Å². The average Bonchev–Trinajstić information content (AvgIpc) is 2.88. The van der Waals surface area contributed by atoms with Gasteiger partial charge in [-0.05, 0) is 50.1 Å². The zero-order valence-corrected chi connectivity index (χ0v) is 14.2. The number of hydrogen-bond donors (Lipinski definition) is 1. The molecule has 0 fully saturated rings. The fourth-order valence-corrected chi connectivity index (χ4v) is 2.81. The molecule has 0 atom stereocenters. The predicted octanol–water partition coefficient (Wildman–Crippen LogP) is 3.98. The van der Waals surface area contributed by atoms with Gasteiger partial charge in [0.05, 0.1) is 23.5 Å². The van der Waals surface area contributed by atoms with E-state index in [-0.39, 0.29) is 5.91 Å². The van der Waals surface area contributed by atoms with E-state index >= 15 is 0 Å². The average molecular weight is 319 g/mol. The number of nitrogens with zero attached hydrogens (tertiary/aromatic N) is 2. The number of carbonyl (C=O) groups excluding carboxylic acids is 1. The lowest BCUT2D eigenvalue weighted by Gasteiger charge is -2.13. The molecule has 0 saturated heterocycles. The monoisotopic (exact) mass is 319 g/mol. The molecule has 4 heteroatoms. The number of benzene rings is 2. The second-order valence-electron chi connectivity index (χ2n) is 6.01. The summed E-state index contributed by atoms with van der Waals surface area (Å²) in [6.45, 7) is 5.99. The van der Waals surface area contributed by atoms with Crippen molar-refractivity contribution in [1.29, 1.82) is 0 Å². The van der Waals surface area contributed by atoms with E-state index in [1.165, 1.54) is 0 Å². The van der Waals surface area contributed by atoms with E-state index in [4.69, 9.17) is 0 Å². The maximum absolute atomic E-state index is 12.5. The van der Waals surface area contributed by atoms with Crippen LogP contribution in [0.2, 0.25) is 0 Å². The molecule has 0 bridgehead atoms. The maximum atomic E-state index is 12.5. The molecule has 0 aliphatic heterocycles. The summed E-state index contributed by atoms with van der Waals surface area (Å²) in [6.07, 6.45) is 0.359. The van der Waals surface area contributed by atoms with E-state index < -0.39 is 0 Å². The zero-order chi connectivity index (χ0) is 17.1. The molecule has 4 nitrogen and oxygen atoms in total. The van der Waals surface area contributed by atoms with Crippen molar-refractivity contribution in [2.45, 2.75) is 27.2 Å². The quantitative estimate of drug-likeness (QED) is 0.790. The number of nitrogens with one attached hydrogen (secondary N) is 1. The first-order valence-electron chi connectivity index (χ1n) is 8.01. The smallest absolute Gasteiger partial charge is 0.228 e. The third-order valence-corrected chi connectivity index (χ3v) is 4.03. The van der Waals surface area contributed by atoms with E-state index in [1.807, 2.05) is 80.1 Å². The Labute approximate surface area is 142 Å². The van der Waals surface area contributed by atoms with Crippen molar-refractivity contribution in [3.05, 3.63) is 77.1 Å². The van der Waals surface area contributed by atoms with Crippen LogP contribution < -0.4 is 5.32 Å². The van der Waals surface area contributed by atoms with Crippen molar-refractivity contribution in [2.75, 3.05) is 5.32 Å². The Hall–Kier alpha value is -2.88. The first kappa shape index (κ1) is 16.0. The lowest BCUT2D eigenvalue weighted by molar-refractivity contribution is -0.115. The highest BCUT2D eigenvalue weighted by Gasteiger charge is 2.12. The van der Waals surface area contributed by atoms with Gasteiger partial charge in [-0.3, -0.25) is 4.79 Å². The number of para-hydroxylation sites is 2. The number of amides is 1. The fourth-order valence-electron chi connectivity index (χ4n) is 2.81. The van der Waals surface area contributed by atoms with Gasteiger partial charge < -0.3 is 5.32 Å². The van der Waals surface area contributed by atoms with Gasteiger partial charge in [0.1, 0.15) is 0 Å². The van der Waals surface area contributed by atoms with Gasteiger partial charge >= 0.3 is 0 Å². The first-order valence-corrected chi connectivity index (χ1v) is 8.01. The first-order chi connectivity index (χ1) is 11.5. The summed E-state index contributed by atoms with van der Waals surface area (Å²) in [4.78, 5) is 12.5. The van der Waals surface area contributed by atoms with Gasteiger partial charge in [0.15, 0.2) is 0 Å². The summed E-state index contributed by atoms with van der Waals surface area (Å²) < 4.78 is 1.86. The van der Waals surface area contributed by atoms with Crippen LogP contribution in [-0.2, 0) is 11.2 Å². The summed E-state index contributed by atoms with van der Waals surface area (Å²) in [7, 11) is 0. The molecule has 0 saturated carbocycles. The molecule has 0 spiro atoms. The molecule has 3 aromatic rings. The van der Waals surface area contributed by atoms with Gasteiger partial charge in [-0.1, -0.05) is 36.4 Å². The van der Waals surface area contributed by atoms with E-state index in [0.29, 0.717) is 6.42 Å². The van der Waals surface area contributed by atoms with Crippen molar-refractivity contribution in [3.8, 4) is 5.69 Å². The number of aryl methyl sites for hydroxylation is 3. The van der Waals surface area contributed by atoms with Crippen molar-refractivity contribution < 1.29 is 4.79 Å². The SMILES string of the molecule is Cc1cc(C)n(-c2ccccc2NC(=O)Cc2ccccc2C)n1. The van der Waals surface area contributed by atoms with Crippen molar-refractivity contribution in [3.63, 3.8) is 0 Å². The zero-order valence-electron chi connectivity index (χ0n) is 14.2. The standard InChI is InChI=1S/C20H21N3O/c1-14-8-4-5-9-17(14)13-20(24)21-18-10-6-7-11-19(18)23-16(3)12-15(2)22-23/h4-12H,13H2,1-3H3,(H,21,24). The van der Waals surface area contributed by atoms with E-state index in [0.717, 1.165) is 33.9 Å². The van der Waals surface area contributed by atoms with Gasteiger partial charge in [-0.15, -0.1) is 0 Å². The number of hydrogen-bond acceptors (Lipinski definition) is 2.